The molecule has 0 fully saturated rings. The van der Waals surface area contributed by atoms with Crippen LogP contribution < -0.4 is 0 Å². The van der Waals surface area contributed by atoms with Crippen molar-refractivity contribution < 1.29 is 9.59 Å². The van der Waals surface area contributed by atoms with Gasteiger partial charge >= 0.3 is 0 Å². The Kier molecular flexibility index (Phi) is 4.10. The summed E-state index contributed by atoms with van der Waals surface area (Å²) >= 11 is 0. The van der Waals surface area contributed by atoms with Crippen molar-refractivity contribution in [3.8, 4) is 0 Å². The average molecular weight is 354 g/mol. The van der Waals surface area contributed by atoms with Gasteiger partial charge in [-0.3, -0.25) is 9.59 Å². The lowest BCUT2D eigenvalue weighted by Gasteiger charge is -2.33. The molecule has 4 rings (SSSR count). The summed E-state index contributed by atoms with van der Waals surface area (Å²) in [5.41, 5.74) is 1.20. The third-order valence-corrected chi connectivity index (χ3v) is 4.97. The fourth-order valence-electron chi connectivity index (χ4n) is 3.53. The fraction of sp³-hybridized carbons (Fsp3) is 0.444. The van der Waals surface area contributed by atoms with Crippen LogP contribution in [0, 0.1) is 0 Å². The summed E-state index contributed by atoms with van der Waals surface area (Å²) < 4.78 is 3.82. The Labute approximate surface area is 151 Å². The number of aromatic nitrogens is 4. The number of nitrogens with zero attached hydrogens (tertiary/aromatic N) is 6. The summed E-state index contributed by atoms with van der Waals surface area (Å²) in [5.74, 6) is 0.815. The van der Waals surface area contributed by atoms with Gasteiger partial charge in [0, 0.05) is 45.6 Å². The van der Waals surface area contributed by atoms with Gasteiger partial charge in [-0.1, -0.05) is 12.2 Å². The smallest absolute Gasteiger partial charge is 0.274 e. The molecule has 1 atom stereocenters. The van der Waals surface area contributed by atoms with Gasteiger partial charge in [0.25, 0.3) is 5.91 Å². The molecule has 26 heavy (non-hydrogen) atoms. The third kappa shape index (κ3) is 2.91. The van der Waals surface area contributed by atoms with Gasteiger partial charge in [0.05, 0.1) is 24.5 Å². The second kappa shape index (κ2) is 6.44. The maximum absolute atomic E-state index is 12.7. The Morgan fingerprint density at radius 1 is 1.19 bits per heavy atom. The first kappa shape index (κ1) is 16.6. The van der Waals surface area contributed by atoms with E-state index >= 15 is 0 Å². The lowest BCUT2D eigenvalue weighted by atomic mass is 10.2. The number of rotatable bonds is 3. The largest absolute Gasteiger partial charge is 0.340 e. The molecule has 4 heterocycles. The molecule has 0 N–H and O–H groups in total. The van der Waals surface area contributed by atoms with E-state index in [4.69, 9.17) is 0 Å². The van der Waals surface area contributed by atoms with Crippen molar-refractivity contribution in [1.82, 2.24) is 28.9 Å². The van der Waals surface area contributed by atoms with Crippen LogP contribution in [0.1, 0.15) is 35.0 Å². The minimum Gasteiger partial charge on any atom is -0.340 e. The van der Waals surface area contributed by atoms with Crippen molar-refractivity contribution in [1.29, 1.82) is 0 Å². The van der Waals surface area contributed by atoms with Crippen molar-refractivity contribution in [2.75, 3.05) is 19.6 Å². The topological polar surface area (TPSA) is 76.3 Å². The number of carbonyl (C=O) groups is 2. The molecule has 2 aromatic heterocycles. The Balaban J connectivity index is 1.49. The molecule has 0 spiro atoms. The summed E-state index contributed by atoms with van der Waals surface area (Å²) in [7, 11) is 1.84. The van der Waals surface area contributed by atoms with Crippen LogP contribution in [0.3, 0.4) is 0 Å². The summed E-state index contributed by atoms with van der Waals surface area (Å²) in [4.78, 5) is 37.5. The van der Waals surface area contributed by atoms with Crippen LogP contribution in [0.4, 0.5) is 0 Å². The van der Waals surface area contributed by atoms with Crippen molar-refractivity contribution in [3.63, 3.8) is 0 Å². The first-order valence-electron chi connectivity index (χ1n) is 8.80. The Morgan fingerprint density at radius 2 is 1.96 bits per heavy atom. The first-order chi connectivity index (χ1) is 12.5. The van der Waals surface area contributed by atoms with Crippen molar-refractivity contribution >= 4 is 11.8 Å². The zero-order valence-electron chi connectivity index (χ0n) is 15.0. The number of hydrogen-bond donors (Lipinski definition) is 0. The lowest BCUT2D eigenvalue weighted by Crippen LogP contribution is -2.41. The molecule has 0 unspecified atom stereocenters. The van der Waals surface area contributed by atoms with Gasteiger partial charge in [0.15, 0.2) is 0 Å². The normalized spacial score (nSPS) is 19.1. The Bertz CT molecular complexity index is 872. The molecule has 0 saturated heterocycles. The highest BCUT2D eigenvalue weighted by Crippen LogP contribution is 2.26. The quantitative estimate of drug-likeness (QED) is 0.763. The highest BCUT2D eigenvalue weighted by molar-refractivity contribution is 5.92. The highest BCUT2D eigenvalue weighted by Gasteiger charge is 2.31. The Morgan fingerprint density at radius 3 is 2.65 bits per heavy atom. The van der Waals surface area contributed by atoms with Crippen molar-refractivity contribution in [3.05, 3.63) is 48.1 Å². The van der Waals surface area contributed by atoms with Crippen LogP contribution in [0.25, 0.3) is 0 Å². The predicted molar refractivity (Wildman–Crippen MR) is 94.3 cm³/mol. The molecule has 0 aromatic carbocycles. The van der Waals surface area contributed by atoms with Gasteiger partial charge in [0.1, 0.15) is 11.5 Å². The molecule has 8 nitrogen and oxygen atoms in total. The standard InChI is InChI=1S/C18H22N6O2/c1-13-17-20-14(9-16(25)22-5-3-4-6-22)10-23(17)7-8-24(13)18(26)15-11-21(2)12-19-15/h3-4,10-13H,5-9H2,1-2H3/t13-/m0/s1. The van der Waals surface area contributed by atoms with Crippen LogP contribution in [0.5, 0.6) is 0 Å². The number of amides is 2. The van der Waals surface area contributed by atoms with Gasteiger partial charge in [0.2, 0.25) is 5.91 Å². The van der Waals surface area contributed by atoms with Crippen LogP contribution in [-0.4, -0.2) is 60.4 Å². The molecule has 136 valence electrons. The van der Waals surface area contributed by atoms with E-state index in [-0.39, 0.29) is 17.9 Å². The van der Waals surface area contributed by atoms with Gasteiger partial charge in [-0.2, -0.15) is 0 Å². The van der Waals surface area contributed by atoms with E-state index in [0.717, 1.165) is 11.5 Å². The van der Waals surface area contributed by atoms with E-state index in [1.807, 2.05) is 32.3 Å². The van der Waals surface area contributed by atoms with E-state index in [2.05, 4.69) is 14.5 Å². The molecule has 0 bridgehead atoms. The summed E-state index contributed by atoms with van der Waals surface area (Å²) in [6.07, 6.45) is 9.58. The zero-order valence-corrected chi connectivity index (χ0v) is 15.0. The van der Waals surface area contributed by atoms with Gasteiger partial charge < -0.3 is 18.9 Å². The minimum atomic E-state index is -0.157. The van der Waals surface area contributed by atoms with Crippen molar-refractivity contribution in [2.45, 2.75) is 25.9 Å². The predicted octanol–water partition coefficient (Wildman–Crippen LogP) is 0.774. The summed E-state index contributed by atoms with van der Waals surface area (Å²) in [6, 6.07) is -0.157. The average Bonchev–Trinajstić information content (AvgIpc) is 3.34. The number of imidazole rings is 2. The van der Waals surface area contributed by atoms with E-state index < -0.39 is 0 Å². The molecule has 0 saturated carbocycles. The zero-order chi connectivity index (χ0) is 18.3. The summed E-state index contributed by atoms with van der Waals surface area (Å²) in [6.45, 7) is 4.59. The van der Waals surface area contributed by atoms with E-state index in [1.165, 1.54) is 0 Å². The van der Waals surface area contributed by atoms with Crippen LogP contribution in [0.15, 0.2) is 30.9 Å². The molecule has 2 aliphatic rings. The molecule has 2 aliphatic heterocycles. The molecule has 8 heteroatoms. The van der Waals surface area contributed by atoms with E-state index in [0.29, 0.717) is 38.3 Å². The highest BCUT2D eigenvalue weighted by atomic mass is 16.2. The van der Waals surface area contributed by atoms with Gasteiger partial charge in [-0.05, 0) is 6.92 Å². The fourth-order valence-corrected chi connectivity index (χ4v) is 3.53. The van der Waals surface area contributed by atoms with Crippen LogP contribution in [0.2, 0.25) is 0 Å². The minimum absolute atomic E-state index is 0.0829. The maximum atomic E-state index is 12.7. The summed E-state index contributed by atoms with van der Waals surface area (Å²) in [5, 5.41) is 0. The molecule has 0 radical (unpaired) electrons. The van der Waals surface area contributed by atoms with Crippen LogP contribution >= 0.6 is 0 Å². The molecule has 0 aliphatic carbocycles. The monoisotopic (exact) mass is 354 g/mol. The molecular weight excluding hydrogens is 332 g/mol. The number of carbonyl (C=O) groups excluding carboxylic acids is 2. The second-order valence-corrected chi connectivity index (χ2v) is 6.83. The number of hydrogen-bond acceptors (Lipinski definition) is 4. The molecule has 2 aromatic rings. The van der Waals surface area contributed by atoms with Crippen LogP contribution in [-0.2, 0) is 24.8 Å². The van der Waals surface area contributed by atoms with Gasteiger partial charge in [-0.25, -0.2) is 9.97 Å². The first-order valence-corrected chi connectivity index (χ1v) is 8.80. The second-order valence-electron chi connectivity index (χ2n) is 6.83. The lowest BCUT2D eigenvalue weighted by molar-refractivity contribution is -0.129. The van der Waals surface area contributed by atoms with Crippen molar-refractivity contribution in [2.24, 2.45) is 7.05 Å². The SMILES string of the molecule is C[C@H]1c2nc(CC(=O)N3CC=CC3)cn2CCN1C(=O)c1cn(C)cn1. The maximum Gasteiger partial charge on any atom is 0.274 e. The number of aryl methyl sites for hydroxylation is 1. The Hall–Kier alpha value is -2.90. The third-order valence-electron chi connectivity index (χ3n) is 4.97. The number of fused-ring (bicyclic) bond motifs is 1. The van der Waals surface area contributed by atoms with E-state index in [1.54, 1.807) is 26.9 Å². The van der Waals surface area contributed by atoms with E-state index in [9.17, 15) is 9.59 Å². The van der Waals surface area contributed by atoms with Gasteiger partial charge in [-0.15, -0.1) is 0 Å². The molecule has 2 amide bonds. The molecular formula is C18H22N6O2.